The first-order valence-corrected chi connectivity index (χ1v) is 8.93. The zero-order valence-electron chi connectivity index (χ0n) is 14.2. The summed E-state index contributed by atoms with van der Waals surface area (Å²) in [6.45, 7) is 3.65. The van der Waals surface area contributed by atoms with Crippen LogP contribution in [0.15, 0.2) is 30.5 Å². The van der Waals surface area contributed by atoms with E-state index in [4.69, 9.17) is 38.4 Å². The Morgan fingerprint density at radius 2 is 2.15 bits per heavy atom. The third-order valence-electron chi connectivity index (χ3n) is 4.09. The van der Waals surface area contributed by atoms with Crippen molar-refractivity contribution in [3.05, 3.63) is 51.6 Å². The van der Waals surface area contributed by atoms with Crippen molar-refractivity contribution in [3.8, 4) is 5.75 Å². The topological polar surface area (TPSA) is 77.7 Å². The summed E-state index contributed by atoms with van der Waals surface area (Å²) >= 11 is 12.3. The number of rotatable bonds is 4. The molecule has 2 aromatic rings. The number of benzene rings is 1. The van der Waals surface area contributed by atoms with E-state index in [0.717, 1.165) is 0 Å². The van der Waals surface area contributed by atoms with E-state index in [2.05, 4.69) is 4.98 Å². The highest BCUT2D eigenvalue weighted by Gasteiger charge is 2.23. The molecule has 1 atom stereocenters. The van der Waals surface area contributed by atoms with Gasteiger partial charge < -0.3 is 20.1 Å². The number of nitrogens with zero attached hydrogens (tertiary/aromatic N) is 2. The molecule has 8 heteroatoms. The molecule has 2 heterocycles. The number of hydrogen-bond acceptors (Lipinski definition) is 5. The largest absolute Gasteiger partial charge is 0.485 e. The average Bonchev–Trinajstić information content (AvgIpc) is 2.62. The van der Waals surface area contributed by atoms with Crippen molar-refractivity contribution in [3.63, 3.8) is 0 Å². The van der Waals surface area contributed by atoms with Crippen LogP contribution < -0.4 is 10.5 Å². The normalized spacial score (nSPS) is 17.2. The van der Waals surface area contributed by atoms with Gasteiger partial charge in [0.15, 0.2) is 11.6 Å². The number of anilines is 1. The van der Waals surface area contributed by atoms with Crippen LogP contribution in [0.4, 0.5) is 5.82 Å². The van der Waals surface area contributed by atoms with Gasteiger partial charge in [-0.05, 0) is 25.1 Å². The van der Waals surface area contributed by atoms with Crippen LogP contribution in [-0.4, -0.2) is 41.6 Å². The third-order valence-corrected chi connectivity index (χ3v) is 4.80. The molecule has 3 rings (SSSR count). The van der Waals surface area contributed by atoms with Crippen LogP contribution in [-0.2, 0) is 11.3 Å². The molecular weight excluding hydrogens is 377 g/mol. The Hall–Kier alpha value is -2.02. The molecule has 0 aliphatic carbocycles. The van der Waals surface area contributed by atoms with Gasteiger partial charge in [0, 0.05) is 34.9 Å². The fourth-order valence-corrected chi connectivity index (χ4v) is 3.20. The van der Waals surface area contributed by atoms with Gasteiger partial charge in [-0.25, -0.2) is 4.98 Å². The van der Waals surface area contributed by atoms with E-state index in [-0.39, 0.29) is 24.4 Å². The van der Waals surface area contributed by atoms with Crippen molar-refractivity contribution >= 4 is 34.9 Å². The fraction of sp³-hybridized carbons (Fsp3) is 0.333. The fourth-order valence-electron chi connectivity index (χ4n) is 2.69. The number of amides is 1. The summed E-state index contributed by atoms with van der Waals surface area (Å²) in [7, 11) is 0. The number of halogens is 2. The highest BCUT2D eigenvalue weighted by Crippen LogP contribution is 2.28. The minimum atomic E-state index is -0.131. The summed E-state index contributed by atoms with van der Waals surface area (Å²) in [5, 5.41) is 0.997. The number of carbonyl (C=O) groups excluding carboxylic acids is 1. The van der Waals surface area contributed by atoms with E-state index in [0.29, 0.717) is 46.6 Å². The number of aromatic nitrogens is 1. The Balaban J connectivity index is 1.76. The van der Waals surface area contributed by atoms with Gasteiger partial charge in [0.05, 0.1) is 18.3 Å². The molecule has 0 radical (unpaired) electrons. The van der Waals surface area contributed by atoms with Crippen LogP contribution in [0.25, 0.3) is 0 Å². The van der Waals surface area contributed by atoms with Crippen LogP contribution in [0, 0.1) is 0 Å². The number of ether oxygens (including phenoxy) is 2. The average molecular weight is 396 g/mol. The molecule has 138 valence electrons. The molecule has 1 fully saturated rings. The summed E-state index contributed by atoms with van der Waals surface area (Å²) in [5.41, 5.74) is 6.94. The SMILES string of the molecule is C[C@@H]1CN(C(=O)c2cnc(N)c(OCc3c(Cl)cccc3Cl)c2)CCO1. The van der Waals surface area contributed by atoms with Crippen LogP contribution in [0.3, 0.4) is 0 Å². The minimum absolute atomic E-state index is 0.00697. The smallest absolute Gasteiger partial charge is 0.255 e. The van der Waals surface area contributed by atoms with Gasteiger partial charge >= 0.3 is 0 Å². The summed E-state index contributed by atoms with van der Waals surface area (Å²) < 4.78 is 11.2. The molecule has 6 nitrogen and oxygen atoms in total. The Morgan fingerprint density at radius 1 is 1.42 bits per heavy atom. The first-order valence-electron chi connectivity index (χ1n) is 8.18. The van der Waals surface area contributed by atoms with Crippen LogP contribution >= 0.6 is 23.2 Å². The molecule has 1 aliphatic heterocycles. The highest BCUT2D eigenvalue weighted by atomic mass is 35.5. The Kier molecular flexibility index (Phi) is 5.86. The van der Waals surface area contributed by atoms with E-state index in [1.54, 1.807) is 29.2 Å². The molecule has 0 saturated carbocycles. The Labute approximate surface area is 161 Å². The third kappa shape index (κ3) is 4.20. The molecule has 1 aromatic carbocycles. The lowest BCUT2D eigenvalue weighted by Crippen LogP contribution is -2.44. The summed E-state index contributed by atoms with van der Waals surface area (Å²) in [4.78, 5) is 18.5. The maximum Gasteiger partial charge on any atom is 0.255 e. The van der Waals surface area contributed by atoms with E-state index >= 15 is 0 Å². The lowest BCUT2D eigenvalue weighted by atomic mass is 10.2. The maximum atomic E-state index is 12.7. The first kappa shape index (κ1) is 18.8. The van der Waals surface area contributed by atoms with E-state index < -0.39 is 0 Å². The maximum absolute atomic E-state index is 12.7. The second-order valence-corrected chi connectivity index (χ2v) is 6.84. The lowest BCUT2D eigenvalue weighted by molar-refractivity contribution is -0.0124. The predicted octanol–water partition coefficient (Wildman–Crippen LogP) is 3.41. The molecule has 1 aromatic heterocycles. The van der Waals surface area contributed by atoms with Crippen LogP contribution in [0.5, 0.6) is 5.75 Å². The van der Waals surface area contributed by atoms with E-state index in [9.17, 15) is 4.79 Å². The van der Waals surface area contributed by atoms with Crippen molar-refractivity contribution in [2.24, 2.45) is 0 Å². The molecule has 1 amide bonds. The van der Waals surface area contributed by atoms with Crippen molar-refractivity contribution in [1.82, 2.24) is 9.88 Å². The number of morpholine rings is 1. The van der Waals surface area contributed by atoms with E-state index in [1.807, 2.05) is 6.92 Å². The quantitative estimate of drug-likeness (QED) is 0.857. The van der Waals surface area contributed by atoms with Crippen molar-refractivity contribution < 1.29 is 14.3 Å². The Morgan fingerprint density at radius 3 is 2.85 bits per heavy atom. The zero-order chi connectivity index (χ0) is 18.7. The molecule has 26 heavy (non-hydrogen) atoms. The van der Waals surface area contributed by atoms with Gasteiger partial charge in [0.2, 0.25) is 0 Å². The van der Waals surface area contributed by atoms with Gasteiger partial charge in [0.25, 0.3) is 5.91 Å². The molecule has 0 unspecified atom stereocenters. The second-order valence-electron chi connectivity index (χ2n) is 6.03. The first-order chi connectivity index (χ1) is 12.5. The highest BCUT2D eigenvalue weighted by molar-refractivity contribution is 6.35. The van der Waals surface area contributed by atoms with Crippen LogP contribution in [0.2, 0.25) is 10.0 Å². The minimum Gasteiger partial charge on any atom is -0.485 e. The number of nitrogens with two attached hydrogens (primary N) is 1. The van der Waals surface area contributed by atoms with Gasteiger partial charge in [-0.1, -0.05) is 29.3 Å². The molecule has 1 aliphatic rings. The molecule has 2 N–H and O–H groups in total. The number of hydrogen-bond donors (Lipinski definition) is 1. The van der Waals surface area contributed by atoms with Gasteiger partial charge in [0.1, 0.15) is 6.61 Å². The number of pyridine rings is 1. The Bertz CT molecular complexity index is 796. The van der Waals surface area contributed by atoms with Gasteiger partial charge in [-0.15, -0.1) is 0 Å². The monoisotopic (exact) mass is 395 g/mol. The number of nitrogen functional groups attached to an aromatic ring is 1. The van der Waals surface area contributed by atoms with Gasteiger partial charge in [-0.3, -0.25) is 4.79 Å². The zero-order valence-corrected chi connectivity index (χ0v) is 15.8. The summed E-state index contributed by atoms with van der Waals surface area (Å²) in [5.74, 6) is 0.376. The van der Waals surface area contributed by atoms with Crippen molar-refractivity contribution in [1.29, 1.82) is 0 Å². The predicted molar refractivity (Wildman–Crippen MR) is 101 cm³/mol. The molecule has 0 spiro atoms. The van der Waals surface area contributed by atoms with Crippen LogP contribution in [0.1, 0.15) is 22.8 Å². The van der Waals surface area contributed by atoms with E-state index in [1.165, 1.54) is 6.20 Å². The second kappa shape index (κ2) is 8.12. The molecular formula is C18H19Cl2N3O3. The van der Waals surface area contributed by atoms with Crippen molar-refractivity contribution in [2.45, 2.75) is 19.6 Å². The van der Waals surface area contributed by atoms with Crippen molar-refractivity contribution in [2.75, 3.05) is 25.4 Å². The lowest BCUT2D eigenvalue weighted by Gasteiger charge is -2.31. The summed E-state index contributed by atoms with van der Waals surface area (Å²) in [6.07, 6.45) is 1.46. The molecule has 0 bridgehead atoms. The molecule has 1 saturated heterocycles. The summed E-state index contributed by atoms with van der Waals surface area (Å²) in [6, 6.07) is 6.81. The number of carbonyl (C=O) groups is 1. The van der Waals surface area contributed by atoms with Gasteiger partial charge in [-0.2, -0.15) is 0 Å². The standard InChI is InChI=1S/C18H19Cl2N3O3/c1-11-9-23(5-6-25-11)18(24)12-7-16(17(21)22-8-12)26-10-13-14(19)3-2-4-15(13)20/h2-4,7-8,11H,5-6,9-10H2,1H3,(H2,21,22)/t11-/m1/s1.